The Morgan fingerprint density at radius 3 is 2.07 bits per heavy atom. The molecule has 0 radical (unpaired) electrons. The number of benzene rings is 2. The van der Waals surface area contributed by atoms with Gasteiger partial charge in [0.05, 0.1) is 0 Å². The number of amides is 1. The molecule has 0 bridgehead atoms. The van der Waals surface area contributed by atoms with Crippen LogP contribution in [-0.4, -0.2) is 30.3 Å². The molecule has 0 saturated carbocycles. The molecule has 0 unspecified atom stereocenters. The number of aryl methyl sites for hydroxylation is 1. The Kier molecular flexibility index (Phi) is 7.30. The summed E-state index contributed by atoms with van der Waals surface area (Å²) in [7, 11) is 0. The Balaban J connectivity index is 1.97. The molecule has 2 aromatic carbocycles. The second kappa shape index (κ2) is 9.46. The van der Waals surface area contributed by atoms with Crippen LogP contribution in [0, 0.1) is 12.8 Å². The number of ether oxygens (including phenoxy) is 1. The van der Waals surface area contributed by atoms with Crippen molar-refractivity contribution in [2.75, 3.05) is 6.61 Å². The lowest BCUT2D eigenvalue weighted by molar-refractivity contribution is -0.145. The Morgan fingerprint density at radius 2 is 1.52 bits per heavy atom. The highest BCUT2D eigenvalue weighted by Crippen LogP contribution is 2.12. The van der Waals surface area contributed by atoms with Gasteiger partial charge in [-0.05, 0) is 37.1 Å². The normalized spacial score (nSPS) is 11.7. The van der Waals surface area contributed by atoms with Crippen molar-refractivity contribution in [3.8, 4) is 0 Å². The Morgan fingerprint density at radius 1 is 0.963 bits per heavy atom. The fourth-order valence-electron chi connectivity index (χ4n) is 2.37. The summed E-state index contributed by atoms with van der Waals surface area (Å²) in [6.45, 7) is 5.17. The summed E-state index contributed by atoms with van der Waals surface area (Å²) in [6, 6.07) is 13.0. The molecule has 0 aliphatic heterocycles. The van der Waals surface area contributed by atoms with Crippen LogP contribution in [0.15, 0.2) is 53.0 Å². The lowest BCUT2D eigenvalue weighted by Crippen LogP contribution is -2.45. The molecule has 0 aromatic heterocycles. The molecule has 0 aliphatic rings. The average molecular weight is 432 g/mol. The third kappa shape index (κ3) is 6.03. The maximum Gasteiger partial charge on any atom is 0.329 e. The first kappa shape index (κ1) is 20.8. The highest BCUT2D eigenvalue weighted by atomic mass is 79.9. The Hall–Kier alpha value is -2.47. The van der Waals surface area contributed by atoms with E-state index >= 15 is 0 Å². The van der Waals surface area contributed by atoms with Crippen molar-refractivity contribution in [2.24, 2.45) is 5.92 Å². The number of halogens is 1. The monoisotopic (exact) mass is 431 g/mol. The number of nitrogens with one attached hydrogen (secondary N) is 1. The number of ketones is 1. The highest BCUT2D eigenvalue weighted by Gasteiger charge is 2.26. The van der Waals surface area contributed by atoms with Crippen molar-refractivity contribution < 1.29 is 19.1 Å². The predicted molar refractivity (Wildman–Crippen MR) is 107 cm³/mol. The number of carbonyl (C=O) groups excluding carboxylic acids is 3. The van der Waals surface area contributed by atoms with Crippen LogP contribution >= 0.6 is 15.9 Å². The van der Waals surface area contributed by atoms with Gasteiger partial charge in [-0.3, -0.25) is 9.59 Å². The van der Waals surface area contributed by atoms with Gasteiger partial charge in [-0.2, -0.15) is 0 Å². The van der Waals surface area contributed by atoms with Gasteiger partial charge in [-0.25, -0.2) is 4.79 Å². The van der Waals surface area contributed by atoms with Crippen LogP contribution in [-0.2, 0) is 9.53 Å². The van der Waals surface area contributed by atoms with Crippen molar-refractivity contribution in [3.63, 3.8) is 0 Å². The summed E-state index contributed by atoms with van der Waals surface area (Å²) in [5.41, 5.74) is 1.96. The molecule has 142 valence electrons. The first-order valence-electron chi connectivity index (χ1n) is 8.61. The topological polar surface area (TPSA) is 72.5 Å². The van der Waals surface area contributed by atoms with Gasteiger partial charge < -0.3 is 10.1 Å². The molecule has 0 aliphatic carbocycles. The molecular formula is C21H22BrNO4. The summed E-state index contributed by atoms with van der Waals surface area (Å²) < 4.78 is 6.01. The molecule has 27 heavy (non-hydrogen) atoms. The van der Waals surface area contributed by atoms with Crippen LogP contribution in [0.5, 0.6) is 0 Å². The quantitative estimate of drug-likeness (QED) is 0.532. The summed E-state index contributed by atoms with van der Waals surface area (Å²) in [6.07, 6.45) is 0. The lowest BCUT2D eigenvalue weighted by atomic mass is 10.0. The Labute approximate surface area is 167 Å². The van der Waals surface area contributed by atoms with E-state index in [1.54, 1.807) is 50.2 Å². The van der Waals surface area contributed by atoms with Gasteiger partial charge in [0.25, 0.3) is 5.91 Å². The molecule has 1 amide bonds. The van der Waals surface area contributed by atoms with Crippen LogP contribution in [0.1, 0.15) is 40.1 Å². The highest BCUT2D eigenvalue weighted by molar-refractivity contribution is 9.10. The second-order valence-corrected chi connectivity index (χ2v) is 7.51. The van der Waals surface area contributed by atoms with E-state index in [1.165, 1.54) is 0 Å². The van der Waals surface area contributed by atoms with E-state index in [2.05, 4.69) is 21.2 Å². The molecule has 1 atom stereocenters. The van der Waals surface area contributed by atoms with Gasteiger partial charge in [0.2, 0.25) is 0 Å². The third-order valence-corrected chi connectivity index (χ3v) is 4.56. The SMILES string of the molecule is Cc1ccc(C(=O)COC(=O)[C@H](NC(=O)c2ccc(Br)cc2)C(C)C)cc1. The number of rotatable bonds is 7. The lowest BCUT2D eigenvalue weighted by Gasteiger charge is -2.20. The molecule has 0 saturated heterocycles. The molecule has 5 nitrogen and oxygen atoms in total. The molecule has 6 heteroatoms. The third-order valence-electron chi connectivity index (χ3n) is 4.03. The number of hydrogen-bond donors (Lipinski definition) is 1. The minimum absolute atomic E-state index is 0.189. The number of carbonyl (C=O) groups is 3. The van der Waals surface area contributed by atoms with Gasteiger partial charge in [0.15, 0.2) is 12.4 Å². The molecule has 2 aromatic rings. The predicted octanol–water partition coefficient (Wildman–Crippen LogP) is 3.94. The van der Waals surface area contributed by atoms with Crippen molar-refractivity contribution in [3.05, 3.63) is 69.7 Å². The summed E-state index contributed by atoms with van der Waals surface area (Å²) in [5, 5.41) is 2.68. The zero-order valence-corrected chi connectivity index (χ0v) is 17.1. The largest absolute Gasteiger partial charge is 0.456 e. The van der Waals surface area contributed by atoms with Crippen molar-refractivity contribution in [1.82, 2.24) is 5.32 Å². The average Bonchev–Trinajstić information content (AvgIpc) is 2.64. The smallest absolute Gasteiger partial charge is 0.329 e. The fourth-order valence-corrected chi connectivity index (χ4v) is 2.64. The standard InChI is InChI=1S/C21H22BrNO4/c1-13(2)19(23-20(25)16-8-10-17(22)11-9-16)21(26)27-12-18(24)15-6-4-14(3)5-7-15/h4-11,13,19H,12H2,1-3H3,(H,23,25)/t19-/m1/s1. The minimum Gasteiger partial charge on any atom is -0.456 e. The second-order valence-electron chi connectivity index (χ2n) is 6.60. The molecule has 0 fully saturated rings. The van der Waals surface area contributed by atoms with E-state index in [0.29, 0.717) is 11.1 Å². The van der Waals surface area contributed by atoms with E-state index in [9.17, 15) is 14.4 Å². The van der Waals surface area contributed by atoms with Crippen LogP contribution in [0.4, 0.5) is 0 Å². The summed E-state index contributed by atoms with van der Waals surface area (Å²) in [5.74, 6) is -1.48. The number of esters is 1. The van der Waals surface area contributed by atoms with Crippen LogP contribution in [0.2, 0.25) is 0 Å². The number of hydrogen-bond acceptors (Lipinski definition) is 4. The van der Waals surface area contributed by atoms with E-state index in [1.807, 2.05) is 19.1 Å². The van der Waals surface area contributed by atoms with E-state index in [-0.39, 0.29) is 24.2 Å². The minimum atomic E-state index is -0.841. The van der Waals surface area contributed by atoms with E-state index in [0.717, 1.165) is 10.0 Å². The molecular weight excluding hydrogens is 410 g/mol. The first-order chi connectivity index (χ1) is 12.8. The maximum absolute atomic E-state index is 12.4. The zero-order valence-electron chi connectivity index (χ0n) is 15.5. The van der Waals surface area contributed by atoms with Gasteiger partial charge >= 0.3 is 5.97 Å². The molecule has 2 rings (SSSR count). The maximum atomic E-state index is 12.4. The molecule has 0 spiro atoms. The summed E-state index contributed by atoms with van der Waals surface area (Å²) in [4.78, 5) is 36.9. The van der Waals surface area contributed by atoms with Gasteiger partial charge in [0, 0.05) is 15.6 Å². The van der Waals surface area contributed by atoms with Crippen molar-refractivity contribution in [2.45, 2.75) is 26.8 Å². The van der Waals surface area contributed by atoms with Crippen LogP contribution in [0.3, 0.4) is 0 Å². The number of Topliss-reactive ketones (excluding diaryl/α,β-unsaturated/α-hetero) is 1. The van der Waals surface area contributed by atoms with E-state index in [4.69, 9.17) is 4.74 Å². The van der Waals surface area contributed by atoms with E-state index < -0.39 is 12.0 Å². The fraction of sp³-hybridized carbons (Fsp3) is 0.286. The van der Waals surface area contributed by atoms with Crippen LogP contribution < -0.4 is 5.32 Å². The van der Waals surface area contributed by atoms with Gasteiger partial charge in [0.1, 0.15) is 6.04 Å². The first-order valence-corrected chi connectivity index (χ1v) is 9.40. The Bertz CT molecular complexity index is 813. The van der Waals surface area contributed by atoms with Gasteiger partial charge in [-0.1, -0.05) is 59.6 Å². The van der Waals surface area contributed by atoms with Crippen LogP contribution in [0.25, 0.3) is 0 Å². The van der Waals surface area contributed by atoms with Crippen molar-refractivity contribution >= 4 is 33.6 Å². The van der Waals surface area contributed by atoms with Crippen molar-refractivity contribution in [1.29, 1.82) is 0 Å². The molecule has 0 heterocycles. The zero-order chi connectivity index (χ0) is 20.0. The molecule has 1 N–H and O–H groups in total. The van der Waals surface area contributed by atoms with Gasteiger partial charge in [-0.15, -0.1) is 0 Å². The summed E-state index contributed by atoms with van der Waals surface area (Å²) >= 11 is 3.31.